The highest BCUT2D eigenvalue weighted by Gasteiger charge is 2.19. The van der Waals surface area contributed by atoms with Crippen molar-refractivity contribution in [2.75, 3.05) is 4.90 Å². The summed E-state index contributed by atoms with van der Waals surface area (Å²) in [6.45, 7) is 0. The first-order valence-electron chi connectivity index (χ1n) is 21.0. The zero-order chi connectivity index (χ0) is 40.7. The molecule has 0 N–H and O–H groups in total. The summed E-state index contributed by atoms with van der Waals surface area (Å²) < 4.78 is 11.8. The molecule has 0 aliphatic rings. The van der Waals surface area contributed by atoms with Crippen molar-refractivity contribution >= 4 is 113 Å². The Hall–Kier alpha value is -7.50. The van der Waals surface area contributed by atoms with Crippen LogP contribution in [-0.4, -0.2) is 0 Å². The number of rotatable bonds is 6. The van der Waals surface area contributed by atoms with Gasteiger partial charge in [0.25, 0.3) is 0 Å². The monoisotopic (exact) mass is 825 g/mol. The molecular formula is C58H35NOS2. The van der Waals surface area contributed by atoms with Crippen LogP contribution in [0.25, 0.3) is 106 Å². The summed E-state index contributed by atoms with van der Waals surface area (Å²) in [7, 11) is 0. The number of hydrogen-bond donors (Lipinski definition) is 0. The first-order valence-corrected chi connectivity index (χ1v) is 22.6. The molecule has 0 spiro atoms. The van der Waals surface area contributed by atoms with Crippen LogP contribution in [0.3, 0.4) is 0 Å². The molecule has 2 nitrogen and oxygen atoms in total. The van der Waals surface area contributed by atoms with Gasteiger partial charge in [0.15, 0.2) is 0 Å². The number of fused-ring (bicyclic) bond motifs is 11. The normalized spacial score (nSPS) is 11.9. The Morgan fingerprint density at radius 1 is 0.306 bits per heavy atom. The minimum absolute atomic E-state index is 0.900. The van der Waals surface area contributed by atoms with Crippen molar-refractivity contribution < 1.29 is 4.42 Å². The number of hydrogen-bond acceptors (Lipinski definition) is 4. The molecule has 0 aliphatic carbocycles. The molecule has 0 radical (unpaired) electrons. The average Bonchev–Trinajstić information content (AvgIpc) is 4.04. The summed E-state index contributed by atoms with van der Waals surface area (Å²) >= 11 is 3.72. The Morgan fingerprint density at radius 3 is 1.27 bits per heavy atom. The van der Waals surface area contributed by atoms with E-state index in [4.69, 9.17) is 4.42 Å². The van der Waals surface area contributed by atoms with Crippen molar-refractivity contribution in [3.63, 3.8) is 0 Å². The van der Waals surface area contributed by atoms with Gasteiger partial charge in [0, 0.05) is 73.6 Å². The van der Waals surface area contributed by atoms with Crippen LogP contribution in [0.15, 0.2) is 217 Å². The first kappa shape index (κ1) is 35.3. The van der Waals surface area contributed by atoms with Crippen LogP contribution in [0.2, 0.25) is 0 Å². The summed E-state index contributed by atoms with van der Waals surface area (Å²) in [6, 6.07) is 77.4. The van der Waals surface area contributed by atoms with E-state index in [1.165, 1.54) is 68.0 Å². The van der Waals surface area contributed by atoms with Crippen molar-refractivity contribution in [1.82, 2.24) is 0 Å². The van der Waals surface area contributed by atoms with E-state index in [9.17, 15) is 0 Å². The molecule has 0 saturated heterocycles. The fourth-order valence-electron chi connectivity index (χ4n) is 9.64. The molecule has 13 rings (SSSR count). The van der Waals surface area contributed by atoms with Crippen LogP contribution in [0.1, 0.15) is 0 Å². The SMILES string of the molecule is c1ccc2c(c1)ccc1c2oc2cccc(-c3ccc(N(c4ccc(-c5cccc6sc7ccccc7c56)cc4)c4ccc(-c5cccc6sc7ccccc7c56)cc4)cc3)c21. The number of thiophene rings is 2. The third-order valence-electron chi connectivity index (χ3n) is 12.5. The van der Waals surface area contributed by atoms with Crippen molar-refractivity contribution in [2.45, 2.75) is 0 Å². The molecule has 10 aromatic carbocycles. The largest absolute Gasteiger partial charge is 0.455 e. The van der Waals surface area contributed by atoms with Gasteiger partial charge in [-0.25, -0.2) is 0 Å². The van der Waals surface area contributed by atoms with Crippen molar-refractivity contribution in [3.8, 4) is 33.4 Å². The molecule has 290 valence electrons. The Kier molecular flexibility index (Phi) is 7.99. The fraction of sp³-hybridized carbons (Fsp3) is 0. The third-order valence-corrected chi connectivity index (χ3v) is 14.8. The fourth-order valence-corrected chi connectivity index (χ4v) is 11.9. The Morgan fingerprint density at radius 2 is 0.742 bits per heavy atom. The van der Waals surface area contributed by atoms with Gasteiger partial charge in [-0.2, -0.15) is 0 Å². The van der Waals surface area contributed by atoms with Gasteiger partial charge in [-0.1, -0.05) is 140 Å². The van der Waals surface area contributed by atoms with Crippen LogP contribution in [0.5, 0.6) is 0 Å². The lowest BCUT2D eigenvalue weighted by molar-refractivity contribution is 0.673. The van der Waals surface area contributed by atoms with E-state index in [1.807, 2.05) is 22.7 Å². The molecule has 0 atom stereocenters. The van der Waals surface area contributed by atoms with Gasteiger partial charge in [0.2, 0.25) is 0 Å². The molecular weight excluding hydrogens is 791 g/mol. The molecule has 0 fully saturated rings. The van der Waals surface area contributed by atoms with Crippen molar-refractivity contribution in [3.05, 3.63) is 212 Å². The zero-order valence-electron chi connectivity index (χ0n) is 33.4. The van der Waals surface area contributed by atoms with E-state index < -0.39 is 0 Å². The van der Waals surface area contributed by atoms with E-state index in [1.54, 1.807) is 0 Å². The van der Waals surface area contributed by atoms with Gasteiger partial charge < -0.3 is 9.32 Å². The number of nitrogens with zero attached hydrogens (tertiary/aromatic N) is 1. The van der Waals surface area contributed by atoms with Crippen LogP contribution in [0, 0.1) is 0 Å². The smallest absolute Gasteiger partial charge is 0.143 e. The van der Waals surface area contributed by atoms with E-state index in [2.05, 4.69) is 217 Å². The Labute approximate surface area is 365 Å². The molecule has 13 aromatic rings. The second kappa shape index (κ2) is 14.0. The molecule has 62 heavy (non-hydrogen) atoms. The zero-order valence-corrected chi connectivity index (χ0v) is 35.0. The lowest BCUT2D eigenvalue weighted by Crippen LogP contribution is -2.09. The molecule has 0 saturated carbocycles. The molecule has 4 heteroatoms. The number of furan rings is 1. The highest BCUT2D eigenvalue weighted by atomic mass is 32.1. The van der Waals surface area contributed by atoms with Gasteiger partial charge in [0.05, 0.1) is 0 Å². The van der Waals surface area contributed by atoms with Crippen LogP contribution < -0.4 is 4.90 Å². The molecule has 0 unspecified atom stereocenters. The lowest BCUT2D eigenvalue weighted by Gasteiger charge is -2.26. The van der Waals surface area contributed by atoms with Gasteiger partial charge in [0.1, 0.15) is 11.2 Å². The quantitative estimate of drug-likeness (QED) is 0.166. The topological polar surface area (TPSA) is 16.4 Å². The second-order valence-electron chi connectivity index (χ2n) is 16.0. The number of anilines is 3. The van der Waals surface area contributed by atoms with Crippen molar-refractivity contribution in [2.24, 2.45) is 0 Å². The van der Waals surface area contributed by atoms with E-state index in [0.717, 1.165) is 55.5 Å². The minimum atomic E-state index is 0.900. The average molecular weight is 826 g/mol. The van der Waals surface area contributed by atoms with Gasteiger partial charge in [-0.05, 0) is 112 Å². The van der Waals surface area contributed by atoms with E-state index in [0.29, 0.717) is 0 Å². The highest BCUT2D eigenvalue weighted by Crippen LogP contribution is 2.45. The van der Waals surface area contributed by atoms with E-state index >= 15 is 0 Å². The Bertz CT molecular complexity index is 3700. The highest BCUT2D eigenvalue weighted by molar-refractivity contribution is 7.26. The molecule has 3 aromatic heterocycles. The standard InChI is InChI=1S/C58H35NOS2/c1-2-11-46-36(10-1)28-35-49-55-43(14-7-17-50(55)60-58(46)49)37-22-29-40(30-23-37)59(41-31-24-38(25-32-41)44-15-8-20-53-56(44)47-12-3-5-18-51(47)61-53)42-33-26-39(27-34-42)45-16-9-21-54-57(45)48-13-4-6-19-52(48)62-54/h1-35H. The Balaban J connectivity index is 0.928. The van der Waals surface area contributed by atoms with E-state index in [-0.39, 0.29) is 0 Å². The van der Waals surface area contributed by atoms with Gasteiger partial charge in [-0.15, -0.1) is 22.7 Å². The van der Waals surface area contributed by atoms with Crippen molar-refractivity contribution in [1.29, 1.82) is 0 Å². The molecule has 0 bridgehead atoms. The molecule has 0 aliphatic heterocycles. The van der Waals surface area contributed by atoms with Crippen LogP contribution >= 0.6 is 22.7 Å². The summed E-state index contributed by atoms with van der Waals surface area (Å²) in [4.78, 5) is 2.37. The summed E-state index contributed by atoms with van der Waals surface area (Å²) in [5.41, 5.74) is 12.4. The van der Waals surface area contributed by atoms with Gasteiger partial charge >= 0.3 is 0 Å². The third kappa shape index (κ3) is 5.54. The lowest BCUT2D eigenvalue weighted by atomic mass is 9.97. The summed E-state index contributed by atoms with van der Waals surface area (Å²) in [5, 5.41) is 9.87. The maximum atomic E-state index is 6.56. The number of benzene rings is 10. The minimum Gasteiger partial charge on any atom is -0.455 e. The predicted molar refractivity (Wildman–Crippen MR) is 268 cm³/mol. The first-order chi connectivity index (χ1) is 30.7. The molecule has 0 amide bonds. The maximum absolute atomic E-state index is 6.56. The summed E-state index contributed by atoms with van der Waals surface area (Å²) in [6.07, 6.45) is 0. The maximum Gasteiger partial charge on any atom is 0.143 e. The van der Waals surface area contributed by atoms with Crippen LogP contribution in [-0.2, 0) is 0 Å². The summed E-state index contributed by atoms with van der Waals surface area (Å²) in [5.74, 6) is 0. The molecule has 3 heterocycles. The van der Waals surface area contributed by atoms with Gasteiger partial charge in [-0.3, -0.25) is 0 Å². The van der Waals surface area contributed by atoms with Crippen LogP contribution in [0.4, 0.5) is 17.1 Å². The predicted octanol–water partition coefficient (Wildman–Crippen LogP) is 17.9. The second-order valence-corrected chi connectivity index (χ2v) is 18.1.